The zero-order chi connectivity index (χ0) is 17.5. The Hall–Kier alpha value is -2.43. The fourth-order valence-corrected chi connectivity index (χ4v) is 3.27. The number of fused-ring (bicyclic) bond motifs is 1. The van der Waals surface area contributed by atoms with E-state index in [2.05, 4.69) is 0 Å². The molecule has 1 aliphatic heterocycles. The molecule has 0 bridgehead atoms. The van der Waals surface area contributed by atoms with Gasteiger partial charge in [-0.25, -0.2) is 0 Å². The highest BCUT2D eigenvalue weighted by atomic mass is 16.2. The molecule has 5 heteroatoms. The first-order chi connectivity index (χ1) is 11.3. The Kier molecular flexibility index (Phi) is 4.03. The average Bonchev–Trinajstić information content (AvgIpc) is 3.01. The van der Waals surface area contributed by atoms with Crippen LogP contribution in [0.4, 0.5) is 0 Å². The molecule has 1 aliphatic rings. The van der Waals surface area contributed by atoms with E-state index in [1.807, 2.05) is 49.9 Å². The topological polar surface area (TPSA) is 76.3 Å². The second kappa shape index (κ2) is 5.89. The lowest BCUT2D eigenvalue weighted by Gasteiger charge is -2.25. The third-order valence-corrected chi connectivity index (χ3v) is 4.54. The molecule has 5 nitrogen and oxygen atoms in total. The van der Waals surface area contributed by atoms with Crippen molar-refractivity contribution in [1.82, 2.24) is 9.88 Å². The molecule has 2 aromatic rings. The lowest BCUT2D eigenvalue weighted by Crippen LogP contribution is -2.37. The van der Waals surface area contributed by atoms with Gasteiger partial charge in [-0.2, -0.15) is 0 Å². The standard InChI is InChI=1S/C19H23N3O2/c1-19(2,3)18(24)22-9-8-12(11-22)16-10-14(17(20)23)13-6-4-5-7-15(13)21-16/h4-7,10,12H,8-9,11H2,1-3H3,(H2,20,23). The Balaban J connectivity index is 1.94. The first-order valence-corrected chi connectivity index (χ1v) is 8.26. The summed E-state index contributed by atoms with van der Waals surface area (Å²) in [5.74, 6) is -0.157. The number of carbonyl (C=O) groups is 2. The van der Waals surface area contributed by atoms with Crippen molar-refractivity contribution in [2.45, 2.75) is 33.1 Å². The van der Waals surface area contributed by atoms with E-state index in [0.717, 1.165) is 29.6 Å². The number of hydrogen-bond acceptors (Lipinski definition) is 3. The quantitative estimate of drug-likeness (QED) is 0.922. The molecule has 1 fully saturated rings. The van der Waals surface area contributed by atoms with Crippen LogP contribution in [0.2, 0.25) is 0 Å². The molecule has 1 aromatic heterocycles. The van der Waals surface area contributed by atoms with E-state index >= 15 is 0 Å². The third-order valence-electron chi connectivity index (χ3n) is 4.54. The number of benzene rings is 1. The second-order valence-electron chi connectivity index (χ2n) is 7.46. The van der Waals surface area contributed by atoms with Gasteiger partial charge in [-0.1, -0.05) is 39.0 Å². The fourth-order valence-electron chi connectivity index (χ4n) is 3.27. The van der Waals surface area contributed by atoms with Crippen LogP contribution in [-0.2, 0) is 4.79 Å². The molecular weight excluding hydrogens is 302 g/mol. The third kappa shape index (κ3) is 2.98. The van der Waals surface area contributed by atoms with Crippen molar-refractivity contribution in [2.24, 2.45) is 11.1 Å². The number of carbonyl (C=O) groups excluding carboxylic acids is 2. The smallest absolute Gasteiger partial charge is 0.249 e. The maximum atomic E-state index is 12.5. The zero-order valence-electron chi connectivity index (χ0n) is 14.4. The van der Waals surface area contributed by atoms with Crippen LogP contribution in [0, 0.1) is 5.41 Å². The Labute approximate surface area is 141 Å². The summed E-state index contributed by atoms with van der Waals surface area (Å²) in [6.45, 7) is 7.16. The zero-order valence-corrected chi connectivity index (χ0v) is 14.4. The van der Waals surface area contributed by atoms with Crippen LogP contribution < -0.4 is 5.73 Å². The highest BCUT2D eigenvalue weighted by Gasteiger charge is 2.34. The maximum Gasteiger partial charge on any atom is 0.249 e. The molecule has 0 aliphatic carbocycles. The van der Waals surface area contributed by atoms with Crippen LogP contribution in [0.3, 0.4) is 0 Å². The normalized spacial score (nSPS) is 18.1. The molecule has 24 heavy (non-hydrogen) atoms. The van der Waals surface area contributed by atoms with Crippen LogP contribution in [0.1, 0.15) is 49.2 Å². The molecule has 126 valence electrons. The summed E-state index contributed by atoms with van der Waals surface area (Å²) in [5.41, 5.74) is 7.27. The van der Waals surface area contributed by atoms with Crippen molar-refractivity contribution in [3.05, 3.63) is 41.6 Å². The van der Waals surface area contributed by atoms with Crippen LogP contribution in [0.5, 0.6) is 0 Å². The largest absolute Gasteiger partial charge is 0.366 e. The summed E-state index contributed by atoms with van der Waals surface area (Å²) in [4.78, 5) is 30.9. The summed E-state index contributed by atoms with van der Waals surface area (Å²) in [7, 11) is 0. The van der Waals surface area contributed by atoms with Crippen molar-refractivity contribution >= 4 is 22.7 Å². The van der Waals surface area contributed by atoms with Crippen molar-refractivity contribution in [3.63, 3.8) is 0 Å². The molecule has 0 spiro atoms. The molecule has 1 aromatic carbocycles. The lowest BCUT2D eigenvalue weighted by atomic mass is 9.95. The SMILES string of the molecule is CC(C)(C)C(=O)N1CCC(c2cc(C(N)=O)c3ccccc3n2)C1. The van der Waals surface area contributed by atoms with Crippen LogP contribution in [0.25, 0.3) is 10.9 Å². The predicted octanol–water partition coefficient (Wildman–Crippen LogP) is 2.70. The Morgan fingerprint density at radius 1 is 1.25 bits per heavy atom. The first kappa shape index (κ1) is 16.4. The van der Waals surface area contributed by atoms with Crippen LogP contribution >= 0.6 is 0 Å². The van der Waals surface area contributed by atoms with Crippen LogP contribution in [-0.4, -0.2) is 34.8 Å². The molecule has 1 atom stereocenters. The van der Waals surface area contributed by atoms with Gasteiger partial charge in [0.15, 0.2) is 0 Å². The van der Waals surface area contributed by atoms with E-state index in [1.165, 1.54) is 0 Å². The summed E-state index contributed by atoms with van der Waals surface area (Å²) in [5, 5.41) is 0.773. The summed E-state index contributed by atoms with van der Waals surface area (Å²) in [6, 6.07) is 9.30. The van der Waals surface area contributed by atoms with Gasteiger partial charge in [-0.3, -0.25) is 14.6 Å². The lowest BCUT2D eigenvalue weighted by molar-refractivity contribution is -0.138. The van der Waals surface area contributed by atoms with Gasteiger partial charge in [0, 0.05) is 35.5 Å². The van der Waals surface area contributed by atoms with Gasteiger partial charge in [-0.05, 0) is 18.6 Å². The molecule has 0 saturated carbocycles. The summed E-state index contributed by atoms with van der Waals surface area (Å²) >= 11 is 0. The van der Waals surface area contributed by atoms with E-state index in [0.29, 0.717) is 12.1 Å². The van der Waals surface area contributed by atoms with E-state index in [4.69, 9.17) is 10.7 Å². The minimum Gasteiger partial charge on any atom is -0.366 e. The Morgan fingerprint density at radius 2 is 1.96 bits per heavy atom. The van der Waals surface area contributed by atoms with E-state index in [-0.39, 0.29) is 17.2 Å². The molecule has 0 radical (unpaired) electrons. The second-order valence-corrected chi connectivity index (χ2v) is 7.46. The molecule has 2 heterocycles. The molecule has 2 N–H and O–H groups in total. The number of aromatic nitrogens is 1. The Bertz CT molecular complexity index is 808. The van der Waals surface area contributed by atoms with Crippen molar-refractivity contribution in [1.29, 1.82) is 0 Å². The fraction of sp³-hybridized carbons (Fsp3) is 0.421. The molecule has 1 saturated heterocycles. The van der Waals surface area contributed by atoms with Gasteiger partial charge < -0.3 is 10.6 Å². The van der Waals surface area contributed by atoms with Gasteiger partial charge in [0.2, 0.25) is 11.8 Å². The number of primary amides is 1. The summed E-state index contributed by atoms with van der Waals surface area (Å²) in [6.07, 6.45) is 0.853. The number of hydrogen-bond donors (Lipinski definition) is 1. The Morgan fingerprint density at radius 3 is 2.62 bits per heavy atom. The highest BCUT2D eigenvalue weighted by molar-refractivity contribution is 6.05. The first-order valence-electron chi connectivity index (χ1n) is 8.26. The minimum absolute atomic E-state index is 0.138. The number of pyridine rings is 1. The number of para-hydroxylation sites is 1. The number of likely N-dealkylation sites (tertiary alicyclic amines) is 1. The van der Waals surface area contributed by atoms with Crippen molar-refractivity contribution < 1.29 is 9.59 Å². The maximum absolute atomic E-state index is 12.5. The minimum atomic E-state index is -0.449. The monoisotopic (exact) mass is 325 g/mol. The van der Waals surface area contributed by atoms with Gasteiger partial charge in [-0.15, -0.1) is 0 Å². The average molecular weight is 325 g/mol. The number of nitrogens with two attached hydrogens (primary N) is 1. The van der Waals surface area contributed by atoms with Crippen molar-refractivity contribution in [3.8, 4) is 0 Å². The van der Waals surface area contributed by atoms with E-state index in [1.54, 1.807) is 6.07 Å². The van der Waals surface area contributed by atoms with Gasteiger partial charge >= 0.3 is 0 Å². The molecule has 3 rings (SSSR count). The predicted molar refractivity (Wildman–Crippen MR) is 93.7 cm³/mol. The number of amides is 2. The number of rotatable bonds is 2. The molecule has 2 amide bonds. The van der Waals surface area contributed by atoms with E-state index in [9.17, 15) is 9.59 Å². The van der Waals surface area contributed by atoms with Gasteiger partial charge in [0.1, 0.15) is 0 Å². The highest BCUT2D eigenvalue weighted by Crippen LogP contribution is 2.31. The van der Waals surface area contributed by atoms with Gasteiger partial charge in [0.25, 0.3) is 0 Å². The number of nitrogens with zero attached hydrogens (tertiary/aromatic N) is 2. The summed E-state index contributed by atoms with van der Waals surface area (Å²) < 4.78 is 0. The van der Waals surface area contributed by atoms with Crippen LogP contribution in [0.15, 0.2) is 30.3 Å². The molecule has 1 unspecified atom stereocenters. The van der Waals surface area contributed by atoms with Crippen molar-refractivity contribution in [2.75, 3.05) is 13.1 Å². The van der Waals surface area contributed by atoms with E-state index < -0.39 is 5.91 Å². The van der Waals surface area contributed by atoms with Gasteiger partial charge in [0.05, 0.1) is 11.1 Å². The molecular formula is C19H23N3O2.